The number of carbonyl (C=O) groups excluding carboxylic acids is 2. The van der Waals surface area contributed by atoms with Crippen molar-refractivity contribution >= 4 is 50.7 Å². The second-order valence-electron chi connectivity index (χ2n) is 8.92. The zero-order valence-electron chi connectivity index (χ0n) is 22.2. The first kappa shape index (κ1) is 32.2. The van der Waals surface area contributed by atoms with Gasteiger partial charge in [0.2, 0.25) is 11.8 Å². The van der Waals surface area contributed by atoms with Gasteiger partial charge in [-0.3, -0.25) is 13.9 Å². The Bertz CT molecular complexity index is 1490. The number of likely N-dealkylation sites (N-methyl/N-ethyl adjacent to an activating group) is 1. The molecule has 0 bridgehead atoms. The van der Waals surface area contributed by atoms with Crippen LogP contribution >= 0.6 is 23.2 Å². The number of hydrogen-bond acceptors (Lipinski definition) is 4. The fourth-order valence-corrected chi connectivity index (χ4v) is 6.05. The second kappa shape index (κ2) is 13.6. The van der Waals surface area contributed by atoms with Gasteiger partial charge in [0.15, 0.2) is 0 Å². The van der Waals surface area contributed by atoms with Crippen molar-refractivity contribution in [1.82, 2.24) is 10.2 Å². The molecule has 1 atom stereocenters. The molecule has 13 heteroatoms. The molecule has 0 heterocycles. The summed E-state index contributed by atoms with van der Waals surface area (Å²) in [5.74, 6) is -1.33. The van der Waals surface area contributed by atoms with E-state index in [4.69, 9.17) is 23.2 Å². The lowest BCUT2D eigenvalue weighted by Crippen LogP contribution is -2.52. The highest BCUT2D eigenvalue weighted by molar-refractivity contribution is 7.92. The maximum Gasteiger partial charge on any atom is 0.416 e. The molecule has 0 radical (unpaired) electrons. The van der Waals surface area contributed by atoms with Crippen LogP contribution in [-0.4, -0.2) is 44.3 Å². The quantitative estimate of drug-likeness (QED) is 0.276. The molecule has 0 fully saturated rings. The van der Waals surface area contributed by atoms with E-state index in [0.29, 0.717) is 27.0 Å². The highest BCUT2D eigenvalue weighted by Crippen LogP contribution is 2.37. The van der Waals surface area contributed by atoms with Crippen LogP contribution in [0.25, 0.3) is 0 Å². The Kier molecular flexibility index (Phi) is 10.7. The maximum absolute atomic E-state index is 14.0. The Balaban J connectivity index is 2.17. The van der Waals surface area contributed by atoms with Crippen molar-refractivity contribution in [2.24, 2.45) is 0 Å². The average molecular weight is 631 g/mol. The van der Waals surface area contributed by atoms with Gasteiger partial charge < -0.3 is 10.2 Å². The van der Waals surface area contributed by atoms with E-state index in [0.717, 1.165) is 6.07 Å². The van der Waals surface area contributed by atoms with Gasteiger partial charge in [-0.1, -0.05) is 66.5 Å². The normalized spacial score (nSPS) is 12.5. The van der Waals surface area contributed by atoms with E-state index in [2.05, 4.69) is 5.32 Å². The number of rotatable bonds is 11. The van der Waals surface area contributed by atoms with Crippen molar-refractivity contribution in [3.63, 3.8) is 0 Å². The number of carbonyl (C=O) groups is 2. The minimum absolute atomic E-state index is 0.163. The largest absolute Gasteiger partial charge is 0.416 e. The average Bonchev–Trinajstić information content (AvgIpc) is 2.93. The smallest absolute Gasteiger partial charge is 0.355 e. The number of alkyl halides is 3. The molecular formula is C28H28Cl2F3N3O4S. The molecule has 0 aliphatic carbocycles. The minimum atomic E-state index is -4.81. The SMILES string of the molecule is CCNC(=O)[C@H](CC)N(Cc1ccccc1Cl)C(=O)CN(c1cc(C(F)(F)F)ccc1Cl)S(=O)(=O)c1ccccc1. The third-order valence-corrected chi connectivity index (χ3v) is 8.65. The Hall–Kier alpha value is -3.28. The van der Waals surface area contributed by atoms with Crippen LogP contribution < -0.4 is 9.62 Å². The fourth-order valence-electron chi connectivity index (χ4n) is 4.13. The lowest BCUT2D eigenvalue weighted by atomic mass is 10.1. The molecule has 0 spiro atoms. The molecule has 0 aliphatic heterocycles. The maximum atomic E-state index is 14.0. The third-order valence-electron chi connectivity index (χ3n) is 6.19. The van der Waals surface area contributed by atoms with Gasteiger partial charge in [-0.25, -0.2) is 8.42 Å². The summed E-state index contributed by atoms with van der Waals surface area (Å²) in [6, 6.07) is 14.7. The Morgan fingerprint density at radius 2 is 1.56 bits per heavy atom. The summed E-state index contributed by atoms with van der Waals surface area (Å²) in [6.45, 7) is 2.55. The van der Waals surface area contributed by atoms with Crippen molar-refractivity contribution in [3.8, 4) is 0 Å². The fraction of sp³-hybridized carbons (Fsp3) is 0.286. The zero-order chi connectivity index (χ0) is 30.4. The number of anilines is 1. The molecule has 41 heavy (non-hydrogen) atoms. The first-order valence-corrected chi connectivity index (χ1v) is 14.8. The van der Waals surface area contributed by atoms with Gasteiger partial charge in [-0.2, -0.15) is 13.2 Å². The van der Waals surface area contributed by atoms with Crippen LogP contribution in [0.2, 0.25) is 10.0 Å². The van der Waals surface area contributed by atoms with Gasteiger partial charge >= 0.3 is 6.18 Å². The third kappa shape index (κ3) is 7.72. The lowest BCUT2D eigenvalue weighted by Gasteiger charge is -2.33. The molecule has 0 saturated carbocycles. The van der Waals surface area contributed by atoms with Gasteiger partial charge in [0.1, 0.15) is 12.6 Å². The molecule has 0 aromatic heterocycles. The van der Waals surface area contributed by atoms with Crippen molar-refractivity contribution in [2.75, 3.05) is 17.4 Å². The number of hydrogen-bond donors (Lipinski definition) is 1. The Labute approximate surface area is 246 Å². The van der Waals surface area contributed by atoms with Crippen LogP contribution in [0.3, 0.4) is 0 Å². The lowest BCUT2D eigenvalue weighted by molar-refractivity contribution is -0.140. The van der Waals surface area contributed by atoms with Gasteiger partial charge in [0.25, 0.3) is 10.0 Å². The first-order valence-electron chi connectivity index (χ1n) is 12.6. The van der Waals surface area contributed by atoms with Gasteiger partial charge in [-0.15, -0.1) is 0 Å². The second-order valence-corrected chi connectivity index (χ2v) is 11.6. The van der Waals surface area contributed by atoms with Crippen LogP contribution in [0.5, 0.6) is 0 Å². The molecule has 1 N–H and O–H groups in total. The van der Waals surface area contributed by atoms with E-state index in [1.165, 1.54) is 29.2 Å². The molecule has 7 nitrogen and oxygen atoms in total. The van der Waals surface area contributed by atoms with Crippen molar-refractivity contribution < 1.29 is 31.2 Å². The van der Waals surface area contributed by atoms with Crippen LogP contribution in [0, 0.1) is 0 Å². The number of halogens is 5. The van der Waals surface area contributed by atoms with E-state index < -0.39 is 51.9 Å². The molecule has 220 valence electrons. The zero-order valence-corrected chi connectivity index (χ0v) is 24.5. The molecule has 0 saturated heterocycles. The van der Waals surface area contributed by atoms with Crippen LogP contribution in [0.1, 0.15) is 31.4 Å². The summed E-state index contributed by atoms with van der Waals surface area (Å²) in [5, 5.41) is 2.65. The number of amides is 2. The predicted molar refractivity (Wildman–Crippen MR) is 152 cm³/mol. The molecule has 3 rings (SSSR count). The number of sulfonamides is 1. The highest BCUT2D eigenvalue weighted by atomic mass is 35.5. The predicted octanol–water partition coefficient (Wildman–Crippen LogP) is 6.15. The van der Waals surface area contributed by atoms with E-state index in [9.17, 15) is 31.2 Å². The molecular weight excluding hydrogens is 602 g/mol. The highest BCUT2D eigenvalue weighted by Gasteiger charge is 2.37. The number of nitrogens with zero attached hydrogens (tertiary/aromatic N) is 2. The van der Waals surface area contributed by atoms with E-state index >= 15 is 0 Å². The van der Waals surface area contributed by atoms with Crippen molar-refractivity contribution in [1.29, 1.82) is 0 Å². The van der Waals surface area contributed by atoms with Crippen molar-refractivity contribution in [3.05, 3.63) is 94.0 Å². The standard InChI is InChI=1S/C28H28Cl2F3N3O4S/c1-3-24(27(38)34-4-2)35(17-19-10-8-9-13-22(19)29)26(37)18-36(41(39,40)21-11-6-5-7-12-21)25-16-20(28(31,32)33)14-15-23(25)30/h5-16,24H,3-4,17-18H2,1-2H3,(H,34,38)/t24-/m0/s1. The molecule has 2 amide bonds. The summed E-state index contributed by atoms with van der Waals surface area (Å²) >= 11 is 12.6. The van der Waals surface area contributed by atoms with Gasteiger partial charge in [-0.05, 0) is 55.3 Å². The van der Waals surface area contributed by atoms with Crippen LogP contribution in [-0.2, 0) is 32.3 Å². The summed E-state index contributed by atoms with van der Waals surface area (Å²) < 4.78 is 69.0. The van der Waals surface area contributed by atoms with Gasteiger partial charge in [0, 0.05) is 18.1 Å². The number of benzene rings is 3. The Morgan fingerprint density at radius 3 is 2.15 bits per heavy atom. The summed E-state index contributed by atoms with van der Waals surface area (Å²) in [6.07, 6.45) is -4.65. The van der Waals surface area contributed by atoms with Gasteiger partial charge in [0.05, 0.1) is 21.2 Å². The van der Waals surface area contributed by atoms with Crippen molar-refractivity contribution in [2.45, 2.75) is 43.9 Å². The molecule has 0 unspecified atom stereocenters. The van der Waals surface area contributed by atoms with E-state index in [-0.39, 0.29) is 29.4 Å². The summed E-state index contributed by atoms with van der Waals surface area (Å²) in [4.78, 5) is 27.8. The summed E-state index contributed by atoms with van der Waals surface area (Å²) in [7, 11) is -4.60. The minimum Gasteiger partial charge on any atom is -0.355 e. The molecule has 0 aliphatic rings. The van der Waals surface area contributed by atoms with E-state index in [1.807, 2.05) is 0 Å². The van der Waals surface area contributed by atoms with Crippen LogP contribution in [0.4, 0.5) is 18.9 Å². The molecule has 3 aromatic carbocycles. The Morgan fingerprint density at radius 1 is 0.927 bits per heavy atom. The first-order chi connectivity index (χ1) is 19.3. The van der Waals surface area contributed by atoms with Crippen LogP contribution in [0.15, 0.2) is 77.7 Å². The monoisotopic (exact) mass is 629 g/mol. The summed E-state index contributed by atoms with van der Waals surface area (Å²) in [5.41, 5.74) is -1.21. The van der Waals surface area contributed by atoms with E-state index in [1.54, 1.807) is 44.2 Å². The molecule has 3 aromatic rings. The topological polar surface area (TPSA) is 86.8 Å². The number of nitrogens with one attached hydrogen (secondary N) is 1.